The van der Waals surface area contributed by atoms with E-state index >= 15 is 0 Å². The van der Waals surface area contributed by atoms with Crippen LogP contribution >= 0.6 is 28.3 Å². The van der Waals surface area contributed by atoms with Gasteiger partial charge in [-0.3, -0.25) is 0 Å². The third-order valence-electron chi connectivity index (χ3n) is 4.73. The van der Waals surface area contributed by atoms with Gasteiger partial charge in [-0.05, 0) is 36.4 Å². The monoisotopic (exact) mass is 480 g/mol. The number of hydrogen-bond donors (Lipinski definition) is 1. The van der Waals surface area contributed by atoms with E-state index in [9.17, 15) is 13.7 Å². The molecular formula is C19H18BrClN4O2S. The van der Waals surface area contributed by atoms with Crippen LogP contribution in [0.15, 0.2) is 58.0 Å². The summed E-state index contributed by atoms with van der Waals surface area (Å²) in [6, 6.07) is 14.1. The van der Waals surface area contributed by atoms with Crippen molar-refractivity contribution in [2.24, 2.45) is 0 Å². The van der Waals surface area contributed by atoms with E-state index < -0.39 is 10.0 Å². The van der Waals surface area contributed by atoms with Crippen molar-refractivity contribution in [2.75, 3.05) is 31.1 Å². The van der Waals surface area contributed by atoms with Gasteiger partial charge in [0, 0.05) is 47.9 Å². The molecule has 1 N–H and O–H groups in total. The molecule has 0 unspecified atom stereocenters. The van der Waals surface area contributed by atoms with Gasteiger partial charge in [-0.15, -0.1) is 12.4 Å². The number of halogens is 2. The summed E-state index contributed by atoms with van der Waals surface area (Å²) in [5.41, 5.74) is 1.75. The molecule has 146 valence electrons. The molecule has 9 heteroatoms. The van der Waals surface area contributed by atoms with E-state index in [4.69, 9.17) is 0 Å². The molecule has 0 aliphatic carbocycles. The van der Waals surface area contributed by atoms with Crippen LogP contribution in [-0.4, -0.2) is 38.6 Å². The highest BCUT2D eigenvalue weighted by molar-refractivity contribution is 9.10. The van der Waals surface area contributed by atoms with Crippen LogP contribution in [-0.2, 0) is 10.0 Å². The molecule has 4 rings (SSSR count). The van der Waals surface area contributed by atoms with Gasteiger partial charge in [-0.2, -0.15) is 5.26 Å². The van der Waals surface area contributed by atoms with Crippen molar-refractivity contribution in [3.05, 3.63) is 58.7 Å². The summed E-state index contributed by atoms with van der Waals surface area (Å²) in [5, 5.41) is 13.6. The molecule has 1 fully saturated rings. The molecule has 2 aromatic carbocycles. The van der Waals surface area contributed by atoms with Crippen LogP contribution < -0.4 is 10.2 Å². The quantitative estimate of drug-likeness (QED) is 0.621. The molecule has 1 aromatic heterocycles. The maximum absolute atomic E-state index is 13.3. The lowest BCUT2D eigenvalue weighted by molar-refractivity contribution is 0.588. The second kappa shape index (κ2) is 8.13. The molecule has 0 atom stereocenters. The minimum absolute atomic E-state index is 0. The third-order valence-corrected chi connectivity index (χ3v) is 6.97. The summed E-state index contributed by atoms with van der Waals surface area (Å²) in [5.74, 6) is 0. The van der Waals surface area contributed by atoms with Crippen LogP contribution in [0.25, 0.3) is 10.9 Å². The van der Waals surface area contributed by atoms with Crippen molar-refractivity contribution < 1.29 is 8.42 Å². The van der Waals surface area contributed by atoms with Crippen molar-refractivity contribution in [2.45, 2.75) is 4.90 Å². The molecule has 0 bridgehead atoms. The van der Waals surface area contributed by atoms with Crippen molar-refractivity contribution in [3.63, 3.8) is 0 Å². The van der Waals surface area contributed by atoms with Crippen LogP contribution in [0.5, 0.6) is 0 Å². The van der Waals surface area contributed by atoms with Crippen molar-refractivity contribution >= 4 is 55.0 Å². The van der Waals surface area contributed by atoms with Crippen LogP contribution in [0.4, 0.5) is 5.69 Å². The molecule has 0 spiro atoms. The lowest BCUT2D eigenvalue weighted by Gasteiger charge is -2.30. The van der Waals surface area contributed by atoms with Gasteiger partial charge < -0.3 is 10.2 Å². The van der Waals surface area contributed by atoms with Gasteiger partial charge in [0.25, 0.3) is 10.0 Å². The Balaban J connectivity index is 0.00000225. The maximum atomic E-state index is 13.3. The number of aromatic nitrogens is 1. The predicted molar refractivity (Wildman–Crippen MR) is 116 cm³/mol. The molecule has 1 aliphatic heterocycles. The molecule has 1 aliphatic rings. The normalized spacial score (nSPS) is 14.5. The number of nitrogens with one attached hydrogen (secondary N) is 1. The first-order valence-corrected chi connectivity index (χ1v) is 10.8. The Kier molecular flexibility index (Phi) is 6.01. The van der Waals surface area contributed by atoms with Crippen LogP contribution in [0.1, 0.15) is 5.56 Å². The number of piperazine rings is 1. The fourth-order valence-corrected chi connectivity index (χ4v) is 5.27. The number of rotatable bonds is 3. The predicted octanol–water partition coefficient (Wildman–Crippen LogP) is 3.34. The SMILES string of the molecule is Cl.N#Cc1cc(Br)ccc1S(=O)(=O)n1ccc2c(N3CCNCC3)cccc21. The van der Waals surface area contributed by atoms with E-state index in [1.807, 2.05) is 24.3 Å². The van der Waals surface area contributed by atoms with Crippen LogP contribution in [0.2, 0.25) is 0 Å². The smallest absolute Gasteiger partial charge is 0.269 e. The minimum Gasteiger partial charge on any atom is -0.368 e. The highest BCUT2D eigenvalue weighted by Gasteiger charge is 2.24. The Labute approximate surface area is 178 Å². The zero-order valence-electron chi connectivity index (χ0n) is 14.8. The Morgan fingerprint density at radius 3 is 2.57 bits per heavy atom. The van der Waals surface area contributed by atoms with E-state index in [1.54, 1.807) is 18.3 Å². The number of anilines is 1. The second-order valence-corrected chi connectivity index (χ2v) is 9.01. The molecule has 0 amide bonds. The average Bonchev–Trinajstić information content (AvgIpc) is 3.13. The molecule has 1 saturated heterocycles. The third kappa shape index (κ3) is 3.51. The Bertz CT molecular complexity index is 1160. The Hall–Kier alpha value is -2.05. The van der Waals surface area contributed by atoms with Crippen molar-refractivity contribution in [1.29, 1.82) is 5.26 Å². The van der Waals surface area contributed by atoms with Gasteiger partial charge in [0.2, 0.25) is 0 Å². The first kappa shape index (κ1) is 20.7. The second-order valence-electron chi connectivity index (χ2n) is 6.32. The highest BCUT2D eigenvalue weighted by atomic mass is 79.9. The van der Waals surface area contributed by atoms with Gasteiger partial charge >= 0.3 is 0 Å². The summed E-state index contributed by atoms with van der Waals surface area (Å²) < 4.78 is 28.4. The lowest BCUT2D eigenvalue weighted by Crippen LogP contribution is -2.43. The molecule has 6 nitrogen and oxygen atoms in total. The maximum Gasteiger partial charge on any atom is 0.269 e. The summed E-state index contributed by atoms with van der Waals surface area (Å²) in [4.78, 5) is 2.26. The lowest BCUT2D eigenvalue weighted by atomic mass is 10.2. The fraction of sp³-hybridized carbons (Fsp3) is 0.211. The Morgan fingerprint density at radius 2 is 1.86 bits per heavy atom. The van der Waals surface area contributed by atoms with Crippen molar-refractivity contribution in [3.8, 4) is 6.07 Å². The molecule has 2 heterocycles. The number of nitriles is 1. The van der Waals surface area contributed by atoms with Crippen LogP contribution in [0, 0.1) is 11.3 Å². The van der Waals surface area contributed by atoms with Gasteiger partial charge in [-0.1, -0.05) is 22.0 Å². The van der Waals surface area contributed by atoms with E-state index in [0.29, 0.717) is 9.99 Å². The van der Waals surface area contributed by atoms with E-state index in [-0.39, 0.29) is 22.9 Å². The molecule has 28 heavy (non-hydrogen) atoms. The number of nitrogens with zero attached hydrogens (tertiary/aromatic N) is 3. The van der Waals surface area contributed by atoms with E-state index in [2.05, 4.69) is 26.1 Å². The fourth-order valence-electron chi connectivity index (χ4n) is 3.44. The van der Waals surface area contributed by atoms with Gasteiger partial charge in [0.1, 0.15) is 11.0 Å². The van der Waals surface area contributed by atoms with Gasteiger partial charge in [0.15, 0.2) is 0 Å². The average molecular weight is 482 g/mol. The molecule has 0 radical (unpaired) electrons. The zero-order valence-corrected chi connectivity index (χ0v) is 18.0. The molecule has 0 saturated carbocycles. The standard InChI is InChI=1S/C19H17BrN4O2S.ClH/c20-15-4-5-19(14(12-15)13-21)27(25,26)24-9-6-16-17(2-1-3-18(16)24)23-10-7-22-8-11-23;/h1-6,9,12,22H,7-8,10-11H2;1H. The van der Waals surface area contributed by atoms with E-state index in [1.165, 1.54) is 16.1 Å². The summed E-state index contributed by atoms with van der Waals surface area (Å²) in [6.45, 7) is 3.56. The van der Waals surface area contributed by atoms with Gasteiger partial charge in [0.05, 0.1) is 11.1 Å². The van der Waals surface area contributed by atoms with Crippen LogP contribution in [0.3, 0.4) is 0 Å². The largest absolute Gasteiger partial charge is 0.368 e. The first-order chi connectivity index (χ1) is 13.0. The minimum atomic E-state index is -3.89. The zero-order chi connectivity index (χ0) is 19.0. The number of benzene rings is 2. The number of fused-ring (bicyclic) bond motifs is 1. The number of hydrogen-bond acceptors (Lipinski definition) is 5. The van der Waals surface area contributed by atoms with E-state index in [0.717, 1.165) is 37.3 Å². The molecular weight excluding hydrogens is 464 g/mol. The molecule has 3 aromatic rings. The van der Waals surface area contributed by atoms with Crippen molar-refractivity contribution in [1.82, 2.24) is 9.29 Å². The summed E-state index contributed by atoms with van der Waals surface area (Å²) in [7, 11) is -3.89. The summed E-state index contributed by atoms with van der Waals surface area (Å²) in [6.07, 6.45) is 1.56. The highest BCUT2D eigenvalue weighted by Crippen LogP contribution is 2.31. The Morgan fingerprint density at radius 1 is 1.11 bits per heavy atom. The summed E-state index contributed by atoms with van der Waals surface area (Å²) >= 11 is 3.28. The van der Waals surface area contributed by atoms with Gasteiger partial charge in [-0.25, -0.2) is 12.4 Å². The first-order valence-electron chi connectivity index (χ1n) is 8.53. The topological polar surface area (TPSA) is 78.1 Å².